The van der Waals surface area contributed by atoms with E-state index in [0.717, 1.165) is 16.8 Å². The maximum atomic E-state index is 13.3. The number of para-hydroxylation sites is 1. The van der Waals surface area contributed by atoms with Crippen LogP contribution in [0.1, 0.15) is 34.1 Å². The van der Waals surface area contributed by atoms with Gasteiger partial charge in [0.15, 0.2) is 0 Å². The third kappa shape index (κ3) is 2.17. The second-order valence-electron chi connectivity index (χ2n) is 7.44. The maximum absolute atomic E-state index is 13.3. The predicted molar refractivity (Wildman–Crippen MR) is 102 cm³/mol. The summed E-state index contributed by atoms with van der Waals surface area (Å²) in [6.07, 6.45) is 5.92. The zero-order chi connectivity index (χ0) is 19.5. The molecule has 2 aromatic heterocycles. The fourth-order valence-corrected chi connectivity index (χ4v) is 4.63. The van der Waals surface area contributed by atoms with Gasteiger partial charge in [-0.15, -0.1) is 0 Å². The highest BCUT2D eigenvalue weighted by Gasteiger charge is 2.59. The molecule has 0 unspecified atom stereocenters. The average molecular weight is 376 g/mol. The monoisotopic (exact) mass is 376 g/mol. The molecule has 0 aliphatic carbocycles. The van der Waals surface area contributed by atoms with Gasteiger partial charge in [-0.05, 0) is 24.1 Å². The molecule has 2 aliphatic rings. The van der Waals surface area contributed by atoms with Gasteiger partial charge in [0.25, 0.3) is 5.91 Å². The number of fused-ring (bicyclic) bond motifs is 2. The van der Waals surface area contributed by atoms with Gasteiger partial charge in [0.1, 0.15) is 11.1 Å². The lowest BCUT2D eigenvalue weighted by atomic mass is 9.73. The van der Waals surface area contributed by atoms with E-state index in [-0.39, 0.29) is 11.8 Å². The number of amides is 2. The highest BCUT2D eigenvalue weighted by atomic mass is 16.2. The molecule has 0 saturated carbocycles. The molecule has 1 saturated heterocycles. The SMILES string of the molecule is Cn1cc([C@@H]2N(C(=O)c3ccn(C)n3)CC[C@]23C(=O)Nc2ccccc23)cn1. The number of carbonyl (C=O) groups is 2. The van der Waals surface area contributed by atoms with Crippen molar-refractivity contribution in [2.45, 2.75) is 17.9 Å². The van der Waals surface area contributed by atoms with Crippen LogP contribution in [-0.2, 0) is 24.3 Å². The molecule has 0 bridgehead atoms. The molecule has 8 nitrogen and oxygen atoms in total. The number of likely N-dealkylation sites (tertiary alicyclic amines) is 1. The number of nitrogens with one attached hydrogen (secondary N) is 1. The van der Waals surface area contributed by atoms with Crippen molar-refractivity contribution < 1.29 is 9.59 Å². The molecule has 2 amide bonds. The summed E-state index contributed by atoms with van der Waals surface area (Å²) >= 11 is 0. The van der Waals surface area contributed by atoms with Crippen LogP contribution in [0.5, 0.6) is 0 Å². The Labute approximate surface area is 161 Å². The Hall–Kier alpha value is -3.42. The summed E-state index contributed by atoms with van der Waals surface area (Å²) in [6, 6.07) is 8.99. The molecule has 1 N–H and O–H groups in total. The average Bonchev–Trinajstić information content (AvgIpc) is 3.43. The number of nitrogens with zero attached hydrogens (tertiary/aromatic N) is 5. The van der Waals surface area contributed by atoms with Crippen LogP contribution in [0, 0.1) is 0 Å². The van der Waals surface area contributed by atoms with Crippen molar-refractivity contribution in [3.63, 3.8) is 0 Å². The molecule has 4 heterocycles. The van der Waals surface area contributed by atoms with Crippen LogP contribution >= 0.6 is 0 Å². The summed E-state index contributed by atoms with van der Waals surface area (Å²) in [7, 11) is 3.61. The Morgan fingerprint density at radius 1 is 1.21 bits per heavy atom. The third-order valence-electron chi connectivity index (χ3n) is 5.82. The minimum Gasteiger partial charge on any atom is -0.329 e. The van der Waals surface area contributed by atoms with E-state index in [0.29, 0.717) is 18.7 Å². The number of aryl methyl sites for hydroxylation is 2. The number of benzene rings is 1. The zero-order valence-electron chi connectivity index (χ0n) is 15.7. The molecule has 1 fully saturated rings. The first-order valence-corrected chi connectivity index (χ1v) is 9.21. The van der Waals surface area contributed by atoms with Crippen LogP contribution in [0.15, 0.2) is 48.9 Å². The Bertz CT molecular complexity index is 1100. The molecule has 3 aromatic rings. The first kappa shape index (κ1) is 16.7. The first-order valence-electron chi connectivity index (χ1n) is 9.21. The van der Waals surface area contributed by atoms with Crippen molar-refractivity contribution in [3.8, 4) is 0 Å². The summed E-state index contributed by atoms with van der Waals surface area (Å²) in [5.74, 6) is -0.248. The molecule has 2 aliphatic heterocycles. The van der Waals surface area contributed by atoms with E-state index in [9.17, 15) is 9.59 Å². The number of hydrogen-bond acceptors (Lipinski definition) is 4. The van der Waals surface area contributed by atoms with E-state index in [1.54, 1.807) is 39.8 Å². The van der Waals surface area contributed by atoms with Crippen LogP contribution in [0.25, 0.3) is 0 Å². The van der Waals surface area contributed by atoms with E-state index in [2.05, 4.69) is 15.5 Å². The van der Waals surface area contributed by atoms with Crippen molar-refractivity contribution in [1.82, 2.24) is 24.5 Å². The van der Waals surface area contributed by atoms with Gasteiger partial charge in [0.05, 0.1) is 12.2 Å². The van der Waals surface area contributed by atoms with E-state index >= 15 is 0 Å². The Morgan fingerprint density at radius 2 is 2.04 bits per heavy atom. The van der Waals surface area contributed by atoms with Gasteiger partial charge >= 0.3 is 0 Å². The fraction of sp³-hybridized carbons (Fsp3) is 0.300. The van der Waals surface area contributed by atoms with Crippen molar-refractivity contribution in [1.29, 1.82) is 0 Å². The van der Waals surface area contributed by atoms with E-state index in [4.69, 9.17) is 0 Å². The number of carbonyl (C=O) groups excluding carboxylic acids is 2. The van der Waals surface area contributed by atoms with Crippen LogP contribution in [0.3, 0.4) is 0 Å². The second kappa shape index (κ2) is 5.79. The van der Waals surface area contributed by atoms with E-state index in [1.807, 2.05) is 37.5 Å². The summed E-state index contributed by atoms with van der Waals surface area (Å²) in [6.45, 7) is 0.469. The van der Waals surface area contributed by atoms with Crippen LogP contribution < -0.4 is 5.32 Å². The third-order valence-corrected chi connectivity index (χ3v) is 5.82. The fourth-order valence-electron chi connectivity index (χ4n) is 4.63. The highest BCUT2D eigenvalue weighted by Crippen LogP contribution is 2.54. The molecule has 1 aromatic carbocycles. The minimum absolute atomic E-state index is 0.0705. The molecule has 28 heavy (non-hydrogen) atoms. The lowest BCUT2D eigenvalue weighted by Gasteiger charge is -2.33. The Morgan fingerprint density at radius 3 is 2.75 bits per heavy atom. The van der Waals surface area contributed by atoms with Gasteiger partial charge in [-0.2, -0.15) is 10.2 Å². The van der Waals surface area contributed by atoms with Gasteiger partial charge in [0.2, 0.25) is 5.91 Å². The summed E-state index contributed by atoms with van der Waals surface area (Å²) < 4.78 is 3.30. The standard InChI is InChI=1S/C20H20N6O2/c1-24-9-7-16(23-24)18(27)26-10-8-20(17(26)13-11-21-25(2)12-13)14-5-3-4-6-15(14)22-19(20)28/h3-7,9,11-12,17H,8,10H2,1-2H3,(H,22,28)/t17-,20+/m0/s1. The second-order valence-corrected chi connectivity index (χ2v) is 7.44. The van der Waals surface area contributed by atoms with Gasteiger partial charge in [-0.1, -0.05) is 18.2 Å². The van der Waals surface area contributed by atoms with Gasteiger partial charge in [0, 0.05) is 44.3 Å². The normalized spacial score (nSPS) is 23.3. The predicted octanol–water partition coefficient (Wildman–Crippen LogP) is 1.63. The van der Waals surface area contributed by atoms with E-state index in [1.165, 1.54) is 0 Å². The lowest BCUT2D eigenvalue weighted by molar-refractivity contribution is -0.121. The van der Waals surface area contributed by atoms with Crippen LogP contribution in [0.2, 0.25) is 0 Å². The molecular weight excluding hydrogens is 356 g/mol. The smallest absolute Gasteiger partial charge is 0.274 e. The number of aromatic nitrogens is 4. The topological polar surface area (TPSA) is 85.0 Å². The quantitative estimate of drug-likeness (QED) is 0.737. The van der Waals surface area contributed by atoms with Crippen LogP contribution in [-0.4, -0.2) is 42.8 Å². The van der Waals surface area contributed by atoms with Gasteiger partial charge < -0.3 is 10.2 Å². The molecule has 5 rings (SSSR count). The maximum Gasteiger partial charge on any atom is 0.274 e. The number of rotatable bonds is 2. The molecule has 1 spiro atoms. The van der Waals surface area contributed by atoms with E-state index < -0.39 is 11.5 Å². The van der Waals surface area contributed by atoms with Crippen molar-refractivity contribution >= 4 is 17.5 Å². The zero-order valence-corrected chi connectivity index (χ0v) is 15.7. The van der Waals surface area contributed by atoms with Gasteiger partial charge in [-0.25, -0.2) is 0 Å². The largest absolute Gasteiger partial charge is 0.329 e. The highest BCUT2D eigenvalue weighted by molar-refractivity contribution is 6.08. The Kier molecular flexibility index (Phi) is 3.46. The lowest BCUT2D eigenvalue weighted by Crippen LogP contribution is -2.42. The molecular formula is C20H20N6O2. The van der Waals surface area contributed by atoms with Crippen LogP contribution in [0.4, 0.5) is 5.69 Å². The first-order chi connectivity index (χ1) is 13.5. The molecule has 142 valence electrons. The minimum atomic E-state index is -0.829. The molecule has 2 atom stereocenters. The Balaban J connectivity index is 1.67. The van der Waals surface area contributed by atoms with Crippen molar-refractivity contribution in [3.05, 3.63) is 65.7 Å². The number of hydrogen-bond donors (Lipinski definition) is 1. The molecule has 8 heteroatoms. The molecule has 0 radical (unpaired) electrons. The summed E-state index contributed by atoms with van der Waals surface area (Å²) in [5.41, 5.74) is 2.14. The van der Waals surface area contributed by atoms with Gasteiger partial charge in [-0.3, -0.25) is 19.0 Å². The van der Waals surface area contributed by atoms with Crippen molar-refractivity contribution in [2.75, 3.05) is 11.9 Å². The summed E-state index contributed by atoms with van der Waals surface area (Å²) in [4.78, 5) is 28.3. The summed E-state index contributed by atoms with van der Waals surface area (Å²) in [5, 5.41) is 11.6. The number of anilines is 1. The van der Waals surface area contributed by atoms with Crippen molar-refractivity contribution in [2.24, 2.45) is 14.1 Å².